The summed E-state index contributed by atoms with van der Waals surface area (Å²) >= 11 is 0. The third kappa shape index (κ3) is 2.66. The highest BCUT2D eigenvalue weighted by Gasteiger charge is 2.17. The van der Waals surface area contributed by atoms with Gasteiger partial charge in [0.15, 0.2) is 5.56 Å². The number of nitrogens with zero attached hydrogens (tertiary/aromatic N) is 2. The molecule has 0 aliphatic carbocycles. The van der Waals surface area contributed by atoms with Gasteiger partial charge in [-0.25, -0.2) is 10.3 Å². The molecule has 0 fully saturated rings. The van der Waals surface area contributed by atoms with E-state index in [2.05, 4.69) is 16.4 Å². The Morgan fingerprint density at radius 2 is 1.95 bits per heavy atom. The van der Waals surface area contributed by atoms with Crippen molar-refractivity contribution in [2.75, 3.05) is 24.3 Å². The maximum atomic E-state index is 9.36. The van der Waals surface area contributed by atoms with Crippen LogP contribution in [0, 0.1) is 18.3 Å². The van der Waals surface area contributed by atoms with Crippen molar-refractivity contribution in [2.24, 2.45) is 0 Å². The molecule has 4 heteroatoms. The van der Waals surface area contributed by atoms with Crippen LogP contribution in [-0.4, -0.2) is 14.1 Å². The maximum Gasteiger partial charge on any atom is 0.297 e. The number of para-hydroxylation sites is 1. The van der Waals surface area contributed by atoms with Crippen molar-refractivity contribution in [2.45, 2.75) is 6.92 Å². The summed E-state index contributed by atoms with van der Waals surface area (Å²) in [6.07, 6.45) is 1.83. The first-order valence-corrected chi connectivity index (χ1v) is 6.08. The first-order chi connectivity index (χ1) is 9.13. The summed E-state index contributed by atoms with van der Waals surface area (Å²) in [6, 6.07) is 12.1. The first kappa shape index (κ1) is 12.9. The molecule has 2 aromatic rings. The molecule has 0 amide bonds. The Balaban J connectivity index is 2.44. The van der Waals surface area contributed by atoms with E-state index in [0.717, 1.165) is 16.9 Å². The molecule has 0 aliphatic rings. The van der Waals surface area contributed by atoms with E-state index in [1.807, 2.05) is 62.4 Å². The first-order valence-electron chi connectivity index (χ1n) is 6.08. The van der Waals surface area contributed by atoms with Crippen LogP contribution in [0.4, 0.5) is 17.2 Å². The Morgan fingerprint density at radius 3 is 2.58 bits per heavy atom. The van der Waals surface area contributed by atoms with Gasteiger partial charge in [0.25, 0.3) is 5.82 Å². The third-order valence-electron chi connectivity index (χ3n) is 2.97. The van der Waals surface area contributed by atoms with Crippen LogP contribution in [-0.2, 0) is 0 Å². The van der Waals surface area contributed by atoms with Crippen molar-refractivity contribution in [3.05, 3.63) is 47.7 Å². The zero-order valence-corrected chi connectivity index (χ0v) is 11.4. The van der Waals surface area contributed by atoms with E-state index in [-0.39, 0.29) is 0 Å². The van der Waals surface area contributed by atoms with Crippen molar-refractivity contribution in [1.29, 1.82) is 5.26 Å². The summed E-state index contributed by atoms with van der Waals surface area (Å²) < 4.78 is 0. The Morgan fingerprint density at radius 1 is 1.21 bits per heavy atom. The second kappa shape index (κ2) is 5.40. The van der Waals surface area contributed by atoms with Gasteiger partial charge in [-0.3, -0.25) is 0 Å². The maximum absolute atomic E-state index is 9.36. The Labute approximate surface area is 113 Å². The van der Waals surface area contributed by atoms with Crippen LogP contribution in [0.15, 0.2) is 36.5 Å². The summed E-state index contributed by atoms with van der Waals surface area (Å²) in [7, 11) is 3.85. The number of aryl methyl sites for hydroxylation is 1. The number of hydrogen-bond acceptors (Lipinski definition) is 3. The predicted molar refractivity (Wildman–Crippen MR) is 76.5 cm³/mol. The van der Waals surface area contributed by atoms with E-state index in [9.17, 15) is 5.26 Å². The molecule has 1 aromatic carbocycles. The molecule has 96 valence electrons. The minimum atomic E-state index is 0.607. The van der Waals surface area contributed by atoms with Gasteiger partial charge in [0, 0.05) is 20.2 Å². The minimum Gasteiger partial charge on any atom is -0.376 e. The number of aromatic amines is 1. The van der Waals surface area contributed by atoms with Crippen LogP contribution >= 0.6 is 0 Å². The summed E-state index contributed by atoms with van der Waals surface area (Å²) in [6.45, 7) is 2.03. The number of H-pyrrole nitrogens is 1. The van der Waals surface area contributed by atoms with Crippen molar-refractivity contribution in [3.63, 3.8) is 0 Å². The van der Waals surface area contributed by atoms with Crippen molar-refractivity contribution in [1.82, 2.24) is 0 Å². The minimum absolute atomic E-state index is 0.607. The average Bonchev–Trinajstić information content (AvgIpc) is 2.41. The highest BCUT2D eigenvalue weighted by atomic mass is 15.1. The number of aromatic nitrogens is 1. The number of pyridine rings is 1. The van der Waals surface area contributed by atoms with E-state index in [4.69, 9.17) is 0 Å². The quantitative estimate of drug-likeness (QED) is 0.914. The van der Waals surface area contributed by atoms with Crippen molar-refractivity contribution < 1.29 is 4.98 Å². The largest absolute Gasteiger partial charge is 0.376 e. The summed E-state index contributed by atoms with van der Waals surface area (Å²) in [5.41, 5.74) is 3.62. The van der Waals surface area contributed by atoms with Gasteiger partial charge in [-0.15, -0.1) is 0 Å². The molecular formula is C15H17N4+. The molecule has 0 spiro atoms. The zero-order chi connectivity index (χ0) is 13.8. The highest BCUT2D eigenvalue weighted by Crippen LogP contribution is 2.25. The fraction of sp³-hybridized carbons (Fsp3) is 0.200. The molecule has 1 heterocycles. The van der Waals surface area contributed by atoms with E-state index in [1.165, 1.54) is 0 Å². The van der Waals surface area contributed by atoms with E-state index in [0.29, 0.717) is 11.4 Å². The van der Waals surface area contributed by atoms with Gasteiger partial charge in [0.05, 0.1) is 11.9 Å². The van der Waals surface area contributed by atoms with Crippen LogP contribution in [0.25, 0.3) is 0 Å². The van der Waals surface area contributed by atoms with Gasteiger partial charge >= 0.3 is 0 Å². The molecule has 2 N–H and O–H groups in total. The molecule has 0 unspecified atom stereocenters. The number of anilines is 3. The van der Waals surface area contributed by atoms with Crippen molar-refractivity contribution >= 4 is 17.2 Å². The molecule has 4 nitrogen and oxygen atoms in total. The lowest BCUT2D eigenvalue weighted by Gasteiger charge is -2.14. The number of nitriles is 1. The van der Waals surface area contributed by atoms with Gasteiger partial charge in [-0.2, -0.15) is 5.26 Å². The fourth-order valence-corrected chi connectivity index (χ4v) is 1.92. The molecule has 0 aliphatic heterocycles. The fourth-order valence-electron chi connectivity index (χ4n) is 1.92. The molecule has 0 saturated carbocycles. The zero-order valence-electron chi connectivity index (χ0n) is 11.4. The van der Waals surface area contributed by atoms with E-state index < -0.39 is 0 Å². The predicted octanol–water partition coefficient (Wildman–Crippen LogP) is 2.49. The van der Waals surface area contributed by atoms with Gasteiger partial charge < -0.3 is 4.90 Å². The summed E-state index contributed by atoms with van der Waals surface area (Å²) in [5, 5.41) is 12.6. The van der Waals surface area contributed by atoms with Crippen LogP contribution in [0.3, 0.4) is 0 Å². The molecule has 2 rings (SSSR count). The molecule has 19 heavy (non-hydrogen) atoms. The number of rotatable bonds is 3. The Bertz CT molecular complexity index is 626. The average molecular weight is 253 g/mol. The Hall–Kier alpha value is -2.54. The molecule has 0 saturated heterocycles. The van der Waals surface area contributed by atoms with Gasteiger partial charge in [-0.05, 0) is 18.6 Å². The van der Waals surface area contributed by atoms with Gasteiger partial charge in [0.2, 0.25) is 0 Å². The lowest BCUT2D eigenvalue weighted by Crippen LogP contribution is -2.17. The lowest BCUT2D eigenvalue weighted by atomic mass is 10.1. The van der Waals surface area contributed by atoms with Crippen LogP contribution in [0.2, 0.25) is 0 Å². The lowest BCUT2D eigenvalue weighted by molar-refractivity contribution is -0.360. The normalized spacial score (nSPS) is 9.79. The molecular weight excluding hydrogens is 236 g/mol. The molecule has 0 atom stereocenters. The van der Waals surface area contributed by atoms with Crippen LogP contribution < -0.4 is 15.2 Å². The second-order valence-electron chi connectivity index (χ2n) is 4.56. The van der Waals surface area contributed by atoms with E-state index in [1.54, 1.807) is 0 Å². The smallest absolute Gasteiger partial charge is 0.297 e. The number of hydrogen-bond donors (Lipinski definition) is 1. The monoisotopic (exact) mass is 253 g/mol. The van der Waals surface area contributed by atoms with Crippen LogP contribution in [0.1, 0.15) is 11.1 Å². The summed E-state index contributed by atoms with van der Waals surface area (Å²) in [5.74, 6) is 0.711. The highest BCUT2D eigenvalue weighted by molar-refractivity contribution is 5.70. The Kier molecular flexibility index (Phi) is 3.67. The van der Waals surface area contributed by atoms with Gasteiger partial charge in [-0.1, -0.05) is 18.2 Å². The topological polar surface area (TPSA) is 53.2 Å². The van der Waals surface area contributed by atoms with Crippen LogP contribution in [0.5, 0.6) is 0 Å². The SMILES string of the molecule is Cc1ccccc1Nc1[nH+]ccc(N(C)C)c1C#N. The molecule has 0 bridgehead atoms. The number of nitrogens with one attached hydrogen (secondary N) is 2. The molecule has 0 radical (unpaired) electrons. The standard InChI is InChI=1S/C15H16N4/c1-11-6-4-5-7-13(11)18-15-12(10-16)14(19(2)3)8-9-17-15/h4-9H,1-3H3,(H,17,18)/p+1. The second-order valence-corrected chi connectivity index (χ2v) is 4.56. The molecule has 1 aromatic heterocycles. The third-order valence-corrected chi connectivity index (χ3v) is 2.97. The van der Waals surface area contributed by atoms with Gasteiger partial charge in [0.1, 0.15) is 11.8 Å². The van der Waals surface area contributed by atoms with Crippen molar-refractivity contribution in [3.8, 4) is 6.07 Å². The summed E-state index contributed by atoms with van der Waals surface area (Å²) in [4.78, 5) is 5.02. The van der Waals surface area contributed by atoms with E-state index >= 15 is 0 Å². The number of benzene rings is 1.